The Hall–Kier alpha value is 0.0600. The van der Waals surface area contributed by atoms with Crippen LogP contribution >= 0.6 is 8.15 Å². The molecule has 2 nitrogen and oxygen atoms in total. The third-order valence-corrected chi connectivity index (χ3v) is 3.92. The Labute approximate surface area is 82.9 Å². The van der Waals surface area contributed by atoms with Gasteiger partial charge in [0, 0.05) is 14.6 Å². The summed E-state index contributed by atoms with van der Waals surface area (Å²) in [5.74, 6) is 0.201. The summed E-state index contributed by atoms with van der Waals surface area (Å²) in [5, 5.41) is 0. The summed E-state index contributed by atoms with van der Waals surface area (Å²) in [6, 6.07) is 0. The molecule has 0 aromatic heterocycles. The van der Waals surface area contributed by atoms with E-state index in [0.29, 0.717) is 6.42 Å². The lowest BCUT2D eigenvalue weighted by atomic mass is 10.0. The summed E-state index contributed by atoms with van der Waals surface area (Å²) in [4.78, 5) is 10.9. The maximum atomic E-state index is 10.9. The van der Waals surface area contributed by atoms with Crippen LogP contribution in [0.2, 0.25) is 0 Å². The second-order valence-corrected chi connectivity index (χ2v) is 6.26. The Morgan fingerprint density at radius 1 is 1.31 bits per heavy atom. The van der Waals surface area contributed by atoms with Crippen LogP contribution in [0.5, 0.6) is 0 Å². The Morgan fingerprint density at radius 2 is 1.77 bits per heavy atom. The van der Waals surface area contributed by atoms with Gasteiger partial charge in [-0.2, -0.15) is 0 Å². The molecule has 0 aromatic rings. The molecule has 0 radical (unpaired) electrons. The molecule has 0 saturated carbocycles. The Morgan fingerprint density at radius 3 is 2.08 bits per heavy atom. The minimum atomic E-state index is -0.327. The van der Waals surface area contributed by atoms with E-state index in [1.165, 1.54) is 0 Å². The van der Waals surface area contributed by atoms with Crippen molar-refractivity contribution in [1.29, 1.82) is 0 Å². The van der Waals surface area contributed by atoms with E-state index >= 15 is 0 Å². The average Bonchev–Trinajstić information content (AvgIpc) is 1.97. The largest absolute Gasteiger partial charge is 0.353 e. The average molecular weight is 204 g/mol. The van der Waals surface area contributed by atoms with Gasteiger partial charge in [0.05, 0.1) is 5.60 Å². The number of hydrogen-bond donors (Lipinski definition) is 0. The number of carbonyl (C=O) groups excluding carboxylic acids is 1. The molecule has 0 heterocycles. The quantitative estimate of drug-likeness (QED) is 0.621. The van der Waals surface area contributed by atoms with E-state index in [-0.39, 0.29) is 19.5 Å². The van der Waals surface area contributed by atoms with Gasteiger partial charge in [-0.25, -0.2) is 0 Å². The zero-order valence-electron chi connectivity index (χ0n) is 9.39. The minimum Gasteiger partial charge on any atom is -0.353 e. The standard InChI is InChI=1S/C10H21O2P/c1-6-13(7-2)12-10(4,5)8-9(3)11/h6-8H2,1-5H3. The summed E-state index contributed by atoms with van der Waals surface area (Å²) >= 11 is 0. The molecule has 0 saturated heterocycles. The van der Waals surface area contributed by atoms with Crippen LogP contribution in [0.15, 0.2) is 0 Å². The number of rotatable bonds is 6. The van der Waals surface area contributed by atoms with Crippen molar-refractivity contribution in [2.24, 2.45) is 0 Å². The maximum absolute atomic E-state index is 10.9. The van der Waals surface area contributed by atoms with Crippen molar-refractivity contribution in [2.75, 3.05) is 12.3 Å². The van der Waals surface area contributed by atoms with Gasteiger partial charge < -0.3 is 4.52 Å². The van der Waals surface area contributed by atoms with Crippen LogP contribution in [0.3, 0.4) is 0 Å². The van der Waals surface area contributed by atoms with Crippen molar-refractivity contribution in [3.63, 3.8) is 0 Å². The van der Waals surface area contributed by atoms with Crippen molar-refractivity contribution >= 4 is 13.9 Å². The molecule has 0 aliphatic heterocycles. The van der Waals surface area contributed by atoms with Gasteiger partial charge in [-0.05, 0) is 33.1 Å². The predicted molar refractivity (Wildman–Crippen MR) is 58.5 cm³/mol. The van der Waals surface area contributed by atoms with E-state index in [4.69, 9.17) is 4.52 Å². The molecule has 0 aromatic carbocycles. The fourth-order valence-corrected chi connectivity index (χ4v) is 2.80. The van der Waals surface area contributed by atoms with Crippen LogP contribution in [0.4, 0.5) is 0 Å². The minimum absolute atomic E-state index is 0.201. The zero-order valence-corrected chi connectivity index (χ0v) is 10.3. The summed E-state index contributed by atoms with van der Waals surface area (Å²) < 4.78 is 5.89. The molecule has 0 bridgehead atoms. The zero-order chi connectivity index (χ0) is 10.5. The van der Waals surface area contributed by atoms with E-state index in [9.17, 15) is 4.79 Å². The molecule has 0 atom stereocenters. The molecule has 0 unspecified atom stereocenters. The third-order valence-electron chi connectivity index (χ3n) is 1.76. The first-order chi connectivity index (χ1) is 5.91. The van der Waals surface area contributed by atoms with Crippen molar-refractivity contribution in [3.8, 4) is 0 Å². The highest BCUT2D eigenvalue weighted by molar-refractivity contribution is 7.52. The molecule has 0 fully saturated rings. The molecule has 78 valence electrons. The molecule has 0 N–H and O–H groups in total. The molecule has 0 rings (SSSR count). The van der Waals surface area contributed by atoms with Crippen LogP contribution < -0.4 is 0 Å². The predicted octanol–water partition coefficient (Wildman–Crippen LogP) is 3.20. The molecule has 0 amide bonds. The maximum Gasteiger partial charge on any atom is 0.132 e. The molecular formula is C10H21O2P. The van der Waals surface area contributed by atoms with Crippen molar-refractivity contribution in [1.82, 2.24) is 0 Å². The monoisotopic (exact) mass is 204 g/mol. The summed E-state index contributed by atoms with van der Waals surface area (Å²) in [6.45, 7) is 9.88. The van der Waals surface area contributed by atoms with E-state index in [0.717, 1.165) is 12.3 Å². The molecule has 3 heteroatoms. The summed E-state index contributed by atoms with van der Waals surface area (Å²) in [6.07, 6.45) is 2.67. The van der Waals surface area contributed by atoms with Gasteiger partial charge in [0.25, 0.3) is 0 Å². The molecule has 0 aliphatic rings. The van der Waals surface area contributed by atoms with Gasteiger partial charge in [0.15, 0.2) is 0 Å². The Balaban J connectivity index is 4.05. The van der Waals surface area contributed by atoms with Crippen LogP contribution in [-0.4, -0.2) is 23.7 Å². The Kier molecular flexibility index (Phi) is 5.75. The van der Waals surface area contributed by atoms with E-state index in [1.807, 2.05) is 13.8 Å². The van der Waals surface area contributed by atoms with Crippen LogP contribution in [0.1, 0.15) is 41.0 Å². The highest BCUT2D eigenvalue weighted by atomic mass is 31.1. The SMILES string of the molecule is CCP(CC)OC(C)(C)CC(C)=O. The first-order valence-electron chi connectivity index (χ1n) is 4.84. The van der Waals surface area contributed by atoms with Gasteiger partial charge in [-0.3, -0.25) is 4.79 Å². The topological polar surface area (TPSA) is 26.3 Å². The van der Waals surface area contributed by atoms with Gasteiger partial charge in [-0.15, -0.1) is 0 Å². The highest BCUT2D eigenvalue weighted by Crippen LogP contribution is 2.41. The first kappa shape index (κ1) is 13.1. The lowest BCUT2D eigenvalue weighted by Crippen LogP contribution is -2.25. The summed E-state index contributed by atoms with van der Waals surface area (Å²) in [7, 11) is -0.327. The fraction of sp³-hybridized carbons (Fsp3) is 0.900. The number of hydrogen-bond acceptors (Lipinski definition) is 2. The molecular weight excluding hydrogens is 183 g/mol. The molecule has 0 spiro atoms. The fourth-order valence-electron chi connectivity index (χ4n) is 1.33. The highest BCUT2D eigenvalue weighted by Gasteiger charge is 2.23. The van der Waals surface area contributed by atoms with Gasteiger partial charge in [0.2, 0.25) is 0 Å². The normalized spacial score (nSPS) is 12.2. The lowest BCUT2D eigenvalue weighted by molar-refractivity contribution is -0.119. The van der Waals surface area contributed by atoms with Crippen LogP contribution in [0, 0.1) is 0 Å². The van der Waals surface area contributed by atoms with Crippen LogP contribution in [-0.2, 0) is 9.32 Å². The van der Waals surface area contributed by atoms with Gasteiger partial charge >= 0.3 is 0 Å². The van der Waals surface area contributed by atoms with Crippen molar-refractivity contribution in [2.45, 2.75) is 46.6 Å². The first-order valence-corrected chi connectivity index (χ1v) is 6.47. The van der Waals surface area contributed by atoms with Crippen molar-refractivity contribution < 1.29 is 9.32 Å². The van der Waals surface area contributed by atoms with Gasteiger partial charge in [0.1, 0.15) is 5.78 Å². The number of ketones is 1. The number of carbonyl (C=O) groups is 1. The van der Waals surface area contributed by atoms with Gasteiger partial charge in [-0.1, -0.05) is 13.8 Å². The molecule has 0 aliphatic carbocycles. The third kappa shape index (κ3) is 6.17. The Bertz CT molecular complexity index is 162. The number of Topliss-reactive ketones (excluding diaryl/α,β-unsaturated/α-hetero) is 1. The van der Waals surface area contributed by atoms with E-state index in [1.54, 1.807) is 6.92 Å². The van der Waals surface area contributed by atoms with E-state index in [2.05, 4.69) is 13.8 Å². The smallest absolute Gasteiger partial charge is 0.132 e. The summed E-state index contributed by atoms with van der Waals surface area (Å²) in [5.41, 5.74) is -0.274. The molecule has 13 heavy (non-hydrogen) atoms. The lowest BCUT2D eigenvalue weighted by Gasteiger charge is -2.28. The second kappa shape index (κ2) is 5.72. The van der Waals surface area contributed by atoms with E-state index < -0.39 is 0 Å². The second-order valence-electron chi connectivity index (χ2n) is 3.84. The van der Waals surface area contributed by atoms with Crippen LogP contribution in [0.25, 0.3) is 0 Å². The van der Waals surface area contributed by atoms with Crippen molar-refractivity contribution in [3.05, 3.63) is 0 Å².